The number of halogens is 1. The number of phenolic OH excluding ortho intramolecular Hbond substituents is 1. The van der Waals surface area contributed by atoms with Gasteiger partial charge < -0.3 is 15.3 Å². The molecule has 1 aromatic carbocycles. The maximum Gasteiger partial charge on any atom is 0.257 e. The van der Waals surface area contributed by atoms with Crippen molar-refractivity contribution in [3.63, 3.8) is 0 Å². The predicted octanol–water partition coefficient (Wildman–Crippen LogP) is 2.26. The van der Waals surface area contributed by atoms with Crippen molar-refractivity contribution in [2.24, 2.45) is 0 Å². The zero-order valence-electron chi connectivity index (χ0n) is 11.2. The highest BCUT2D eigenvalue weighted by atomic mass is 35.5. The molecule has 1 heterocycles. The summed E-state index contributed by atoms with van der Waals surface area (Å²) in [5.74, 6) is -0.172. The van der Waals surface area contributed by atoms with Gasteiger partial charge in [0.2, 0.25) is 0 Å². The maximum atomic E-state index is 12.4. The minimum atomic E-state index is -0.154. The van der Waals surface area contributed by atoms with Crippen molar-refractivity contribution in [3.8, 4) is 5.75 Å². The lowest BCUT2D eigenvalue weighted by molar-refractivity contribution is 0.0659. The molecule has 0 unspecified atom stereocenters. The zero-order valence-corrected chi connectivity index (χ0v) is 12.0. The highest BCUT2D eigenvalue weighted by molar-refractivity contribution is 6.31. The number of benzene rings is 1. The summed E-state index contributed by atoms with van der Waals surface area (Å²) in [5.41, 5.74) is 0.369. The van der Waals surface area contributed by atoms with Crippen LogP contribution >= 0.6 is 11.6 Å². The molecule has 0 aliphatic carbocycles. The number of nitrogens with one attached hydrogen (secondary N) is 1. The Bertz CT molecular complexity index is 482. The lowest BCUT2D eigenvalue weighted by Crippen LogP contribution is -2.51. The molecule has 0 spiro atoms. The normalized spacial score (nSPS) is 18.4. The van der Waals surface area contributed by atoms with E-state index in [-0.39, 0.29) is 22.8 Å². The fourth-order valence-corrected chi connectivity index (χ4v) is 2.48. The average Bonchev–Trinajstić information content (AvgIpc) is 2.42. The summed E-state index contributed by atoms with van der Waals surface area (Å²) in [4.78, 5) is 14.1. The number of carbonyl (C=O) groups is 1. The van der Waals surface area contributed by atoms with Gasteiger partial charge >= 0.3 is 0 Å². The lowest BCUT2D eigenvalue weighted by atomic mass is 9.89. The number of amides is 1. The summed E-state index contributed by atoms with van der Waals surface area (Å²) >= 11 is 5.88. The molecule has 2 rings (SSSR count). The van der Waals surface area contributed by atoms with E-state index in [0.29, 0.717) is 18.1 Å². The van der Waals surface area contributed by atoms with Crippen LogP contribution in [0.25, 0.3) is 0 Å². The molecule has 1 aromatic rings. The smallest absolute Gasteiger partial charge is 0.257 e. The molecule has 0 bridgehead atoms. The van der Waals surface area contributed by atoms with Crippen LogP contribution in [-0.2, 0) is 0 Å². The molecule has 5 heteroatoms. The van der Waals surface area contributed by atoms with E-state index in [4.69, 9.17) is 11.6 Å². The van der Waals surface area contributed by atoms with Gasteiger partial charge in [0, 0.05) is 23.7 Å². The monoisotopic (exact) mass is 282 g/mol. The van der Waals surface area contributed by atoms with E-state index in [1.54, 1.807) is 11.0 Å². The van der Waals surface area contributed by atoms with Crippen molar-refractivity contribution in [2.75, 3.05) is 20.1 Å². The first-order valence-corrected chi connectivity index (χ1v) is 6.80. The van der Waals surface area contributed by atoms with Gasteiger partial charge in [-0.3, -0.25) is 4.79 Å². The Hall–Kier alpha value is -1.26. The molecule has 4 nitrogen and oxygen atoms in total. The number of piperidine rings is 1. The Morgan fingerprint density at radius 1 is 1.42 bits per heavy atom. The molecular weight excluding hydrogens is 264 g/mol. The quantitative estimate of drug-likeness (QED) is 0.875. The van der Waals surface area contributed by atoms with Crippen molar-refractivity contribution in [1.29, 1.82) is 0 Å². The summed E-state index contributed by atoms with van der Waals surface area (Å²) in [6.07, 6.45) is 1.80. The fraction of sp³-hybridized carbons (Fsp3) is 0.500. The van der Waals surface area contributed by atoms with Crippen molar-refractivity contribution in [3.05, 3.63) is 28.8 Å². The largest absolute Gasteiger partial charge is 0.507 e. The number of phenols is 1. The third-order valence-electron chi connectivity index (χ3n) is 3.95. The summed E-state index contributed by atoms with van der Waals surface area (Å²) in [5, 5.41) is 13.5. The topological polar surface area (TPSA) is 52.6 Å². The molecule has 1 amide bonds. The van der Waals surface area contributed by atoms with Crippen LogP contribution in [0.2, 0.25) is 5.02 Å². The molecule has 104 valence electrons. The van der Waals surface area contributed by atoms with Crippen LogP contribution in [0.5, 0.6) is 5.75 Å². The number of hydrogen-bond donors (Lipinski definition) is 2. The maximum absolute atomic E-state index is 12.4. The Labute approximate surface area is 118 Å². The zero-order chi connectivity index (χ0) is 14.0. The second-order valence-electron chi connectivity index (χ2n) is 5.26. The van der Waals surface area contributed by atoms with Gasteiger partial charge in [-0.2, -0.15) is 0 Å². The van der Waals surface area contributed by atoms with Gasteiger partial charge in [0.25, 0.3) is 5.91 Å². The van der Waals surface area contributed by atoms with Gasteiger partial charge in [0.1, 0.15) is 5.75 Å². The molecular formula is C14H19ClN2O2. The second-order valence-corrected chi connectivity index (χ2v) is 5.70. The van der Waals surface area contributed by atoms with E-state index in [9.17, 15) is 9.90 Å². The third-order valence-corrected chi connectivity index (χ3v) is 4.18. The van der Waals surface area contributed by atoms with E-state index >= 15 is 0 Å². The molecule has 0 atom stereocenters. The summed E-state index contributed by atoms with van der Waals surface area (Å²) in [6.45, 7) is 3.52. The Morgan fingerprint density at radius 2 is 2.05 bits per heavy atom. The number of aromatic hydroxyl groups is 1. The molecule has 1 aliphatic heterocycles. The first kappa shape index (κ1) is 14.2. The SMILES string of the molecule is CNC1(C)CCN(C(=O)c2cc(Cl)ccc2O)CC1. The van der Waals surface area contributed by atoms with Crippen LogP contribution in [0.4, 0.5) is 0 Å². The summed E-state index contributed by atoms with van der Waals surface area (Å²) in [7, 11) is 1.94. The first-order chi connectivity index (χ1) is 8.95. The molecule has 0 saturated carbocycles. The average molecular weight is 283 g/mol. The van der Waals surface area contributed by atoms with Crippen molar-refractivity contribution in [2.45, 2.75) is 25.3 Å². The standard InChI is InChI=1S/C14H19ClN2O2/c1-14(16-2)5-7-17(8-6-14)13(19)11-9-10(15)3-4-12(11)18/h3-4,9,16,18H,5-8H2,1-2H3. The molecule has 19 heavy (non-hydrogen) atoms. The molecule has 1 fully saturated rings. The summed E-state index contributed by atoms with van der Waals surface area (Å²) in [6, 6.07) is 4.55. The van der Waals surface area contributed by atoms with Crippen LogP contribution in [0, 0.1) is 0 Å². The van der Waals surface area contributed by atoms with E-state index in [2.05, 4.69) is 12.2 Å². The van der Waals surface area contributed by atoms with Gasteiger partial charge in [0.05, 0.1) is 5.56 Å². The van der Waals surface area contributed by atoms with Gasteiger partial charge in [-0.15, -0.1) is 0 Å². The van der Waals surface area contributed by atoms with E-state index in [1.807, 2.05) is 7.05 Å². The van der Waals surface area contributed by atoms with Gasteiger partial charge in [0.15, 0.2) is 0 Å². The predicted molar refractivity (Wildman–Crippen MR) is 75.7 cm³/mol. The summed E-state index contributed by atoms with van der Waals surface area (Å²) < 4.78 is 0. The number of hydrogen-bond acceptors (Lipinski definition) is 3. The third kappa shape index (κ3) is 3.01. The minimum absolute atomic E-state index is 0.0173. The Morgan fingerprint density at radius 3 is 2.63 bits per heavy atom. The van der Waals surface area contributed by atoms with Crippen molar-refractivity contribution in [1.82, 2.24) is 10.2 Å². The molecule has 0 radical (unpaired) electrons. The van der Waals surface area contributed by atoms with E-state index < -0.39 is 0 Å². The van der Waals surface area contributed by atoms with E-state index in [1.165, 1.54) is 12.1 Å². The van der Waals surface area contributed by atoms with Crippen LogP contribution in [0.1, 0.15) is 30.1 Å². The lowest BCUT2D eigenvalue weighted by Gasteiger charge is -2.39. The number of rotatable bonds is 2. The van der Waals surface area contributed by atoms with Crippen molar-refractivity contribution < 1.29 is 9.90 Å². The second kappa shape index (κ2) is 5.39. The van der Waals surface area contributed by atoms with Gasteiger partial charge in [-0.25, -0.2) is 0 Å². The number of carbonyl (C=O) groups excluding carboxylic acids is 1. The van der Waals surface area contributed by atoms with Crippen LogP contribution < -0.4 is 5.32 Å². The molecule has 1 aliphatic rings. The molecule has 1 saturated heterocycles. The minimum Gasteiger partial charge on any atom is -0.507 e. The van der Waals surface area contributed by atoms with Gasteiger partial charge in [-0.05, 0) is 45.0 Å². The fourth-order valence-electron chi connectivity index (χ4n) is 2.30. The number of likely N-dealkylation sites (tertiary alicyclic amines) is 1. The first-order valence-electron chi connectivity index (χ1n) is 6.42. The Balaban J connectivity index is 2.11. The molecule has 0 aromatic heterocycles. The van der Waals surface area contributed by atoms with Crippen molar-refractivity contribution >= 4 is 17.5 Å². The van der Waals surface area contributed by atoms with Crippen LogP contribution in [-0.4, -0.2) is 41.6 Å². The van der Waals surface area contributed by atoms with Gasteiger partial charge in [-0.1, -0.05) is 11.6 Å². The van der Waals surface area contributed by atoms with Crippen LogP contribution in [0.3, 0.4) is 0 Å². The molecule has 2 N–H and O–H groups in total. The number of nitrogens with zero attached hydrogens (tertiary/aromatic N) is 1. The van der Waals surface area contributed by atoms with Crippen LogP contribution in [0.15, 0.2) is 18.2 Å². The highest BCUT2D eigenvalue weighted by Gasteiger charge is 2.31. The highest BCUT2D eigenvalue weighted by Crippen LogP contribution is 2.26. The Kier molecular flexibility index (Phi) is 4.02. The van der Waals surface area contributed by atoms with E-state index in [0.717, 1.165) is 12.8 Å².